The van der Waals surface area contributed by atoms with E-state index < -0.39 is 30.3 Å². The van der Waals surface area contributed by atoms with E-state index in [1.165, 1.54) is 25.1 Å². The van der Waals surface area contributed by atoms with E-state index in [0.29, 0.717) is 0 Å². The molecule has 1 heterocycles. The topological polar surface area (TPSA) is 143 Å². The van der Waals surface area contributed by atoms with Crippen LogP contribution in [0.5, 0.6) is 11.5 Å². The van der Waals surface area contributed by atoms with Crippen LogP contribution in [0.4, 0.5) is 0 Å². The van der Waals surface area contributed by atoms with Gasteiger partial charge in [-0.3, -0.25) is 5.32 Å². The molecule has 8 heteroatoms. The first-order valence-corrected chi connectivity index (χ1v) is 6.45. The number of aromatic hydroxyl groups is 2. The first kappa shape index (κ1) is 16.0. The fourth-order valence-corrected chi connectivity index (χ4v) is 2.33. The van der Waals surface area contributed by atoms with Gasteiger partial charge in [-0.05, 0) is 19.1 Å². The van der Waals surface area contributed by atoms with Crippen molar-refractivity contribution >= 4 is 0 Å². The Morgan fingerprint density at radius 3 is 2.38 bits per heavy atom. The second kappa shape index (κ2) is 5.76. The summed E-state index contributed by atoms with van der Waals surface area (Å²) in [6.45, 7) is 1.13. The number of ether oxygens (including phenoxy) is 1. The molecule has 1 aromatic rings. The van der Waals surface area contributed by atoms with Gasteiger partial charge >= 0.3 is 0 Å². The van der Waals surface area contributed by atoms with Gasteiger partial charge in [-0.1, -0.05) is 6.07 Å². The van der Waals surface area contributed by atoms with Crippen LogP contribution in [0.1, 0.15) is 18.5 Å². The number of rotatable bonds is 3. The summed E-state index contributed by atoms with van der Waals surface area (Å²) in [4.78, 5) is 0. The average Bonchev–Trinajstić information content (AvgIpc) is 2.41. The average molecular weight is 301 g/mol. The zero-order valence-corrected chi connectivity index (χ0v) is 11.3. The van der Waals surface area contributed by atoms with Gasteiger partial charge in [0, 0.05) is 6.04 Å². The summed E-state index contributed by atoms with van der Waals surface area (Å²) in [5.41, 5.74) is 0.0994. The van der Waals surface area contributed by atoms with E-state index >= 15 is 0 Å². The lowest BCUT2D eigenvalue weighted by Crippen LogP contribution is -2.67. The normalized spacial score (nSPS) is 34.6. The van der Waals surface area contributed by atoms with E-state index in [1.807, 2.05) is 0 Å². The number of aliphatic hydroxyl groups excluding tert-OH is 3. The molecular weight excluding hydrogens is 282 g/mol. The second-order valence-electron chi connectivity index (χ2n) is 5.09. The van der Waals surface area contributed by atoms with Gasteiger partial charge in [-0.15, -0.1) is 0 Å². The predicted molar refractivity (Wildman–Crippen MR) is 70.2 cm³/mol. The van der Waals surface area contributed by atoms with Crippen molar-refractivity contribution in [2.75, 3.05) is 6.61 Å². The maximum Gasteiger partial charge on any atom is 0.255 e. The summed E-state index contributed by atoms with van der Waals surface area (Å²) in [6.07, 6.45) is -4.73. The van der Waals surface area contributed by atoms with Crippen LogP contribution in [0, 0.1) is 0 Å². The van der Waals surface area contributed by atoms with Gasteiger partial charge in [-0.2, -0.15) is 0 Å². The van der Waals surface area contributed by atoms with E-state index in [4.69, 9.17) is 4.74 Å². The molecule has 1 aliphatic heterocycles. The van der Waals surface area contributed by atoms with Crippen LogP contribution in [-0.4, -0.2) is 61.5 Å². The van der Waals surface area contributed by atoms with Crippen LogP contribution in [0.25, 0.3) is 0 Å². The Morgan fingerprint density at radius 2 is 1.81 bits per heavy atom. The monoisotopic (exact) mass is 301 g/mol. The number of phenols is 2. The molecule has 0 aliphatic carbocycles. The fraction of sp³-hybridized carbons (Fsp3) is 0.538. The van der Waals surface area contributed by atoms with Crippen molar-refractivity contribution in [2.45, 2.75) is 37.2 Å². The highest BCUT2D eigenvalue weighted by atomic mass is 16.7. The number of phenolic OH excluding ortho intramolecular Hbond substituents is 2. The molecule has 0 aromatic heterocycles. The van der Waals surface area contributed by atoms with E-state index in [0.717, 1.165) is 0 Å². The molecule has 0 spiro atoms. The SMILES string of the molecule is CC(NC1(O)OC[C@@H](O)[C@H](O)[C@H]1O)c1c(O)cccc1O. The predicted octanol–water partition coefficient (Wildman–Crippen LogP) is -1.49. The summed E-state index contributed by atoms with van der Waals surface area (Å²) in [5, 5.41) is 61.0. The van der Waals surface area contributed by atoms with Crippen molar-refractivity contribution in [1.29, 1.82) is 0 Å². The third-order valence-corrected chi connectivity index (χ3v) is 3.51. The van der Waals surface area contributed by atoms with Crippen molar-refractivity contribution in [2.24, 2.45) is 0 Å². The molecule has 21 heavy (non-hydrogen) atoms. The molecule has 0 saturated carbocycles. The highest BCUT2D eigenvalue weighted by Gasteiger charge is 2.49. The lowest BCUT2D eigenvalue weighted by molar-refractivity contribution is -0.337. The van der Waals surface area contributed by atoms with Gasteiger partial charge in [0.15, 0.2) is 6.10 Å². The first-order chi connectivity index (χ1) is 9.76. The Kier molecular flexibility index (Phi) is 4.38. The molecule has 7 N–H and O–H groups in total. The van der Waals surface area contributed by atoms with E-state index in [9.17, 15) is 30.6 Å². The van der Waals surface area contributed by atoms with Gasteiger partial charge in [0.25, 0.3) is 5.91 Å². The van der Waals surface area contributed by atoms with Crippen LogP contribution in [-0.2, 0) is 4.74 Å². The minimum absolute atomic E-state index is 0.0994. The van der Waals surface area contributed by atoms with Crippen molar-refractivity contribution in [3.8, 4) is 11.5 Å². The quantitative estimate of drug-likeness (QED) is 0.335. The molecule has 1 saturated heterocycles. The minimum Gasteiger partial charge on any atom is -0.507 e. The maximum absolute atomic E-state index is 10.2. The lowest BCUT2D eigenvalue weighted by Gasteiger charge is -2.43. The van der Waals surface area contributed by atoms with Gasteiger partial charge in [-0.25, -0.2) is 0 Å². The van der Waals surface area contributed by atoms with E-state index in [2.05, 4.69) is 5.32 Å². The van der Waals surface area contributed by atoms with Gasteiger partial charge < -0.3 is 35.4 Å². The summed E-state index contributed by atoms with van der Waals surface area (Å²) in [7, 11) is 0. The van der Waals surface area contributed by atoms with Crippen LogP contribution < -0.4 is 5.32 Å². The highest BCUT2D eigenvalue weighted by molar-refractivity contribution is 5.45. The second-order valence-corrected chi connectivity index (χ2v) is 5.09. The number of hydrogen-bond acceptors (Lipinski definition) is 8. The largest absolute Gasteiger partial charge is 0.507 e. The first-order valence-electron chi connectivity index (χ1n) is 6.45. The Labute approximate surface area is 120 Å². The fourth-order valence-electron chi connectivity index (χ4n) is 2.33. The third kappa shape index (κ3) is 2.95. The lowest BCUT2D eigenvalue weighted by atomic mass is 9.99. The zero-order valence-electron chi connectivity index (χ0n) is 11.3. The van der Waals surface area contributed by atoms with Crippen molar-refractivity contribution < 1.29 is 35.4 Å². The molecule has 2 rings (SSSR count). The highest BCUT2D eigenvalue weighted by Crippen LogP contribution is 2.34. The van der Waals surface area contributed by atoms with Crippen molar-refractivity contribution in [3.05, 3.63) is 23.8 Å². The van der Waals surface area contributed by atoms with E-state index in [1.54, 1.807) is 0 Å². The van der Waals surface area contributed by atoms with Crippen molar-refractivity contribution in [1.82, 2.24) is 5.32 Å². The Hall–Kier alpha value is -1.42. The maximum atomic E-state index is 10.2. The third-order valence-electron chi connectivity index (χ3n) is 3.51. The molecule has 0 bridgehead atoms. The van der Waals surface area contributed by atoms with Gasteiger partial charge in [0.2, 0.25) is 0 Å². The smallest absolute Gasteiger partial charge is 0.255 e. The zero-order chi connectivity index (χ0) is 15.8. The summed E-state index contributed by atoms with van der Waals surface area (Å²) < 4.78 is 4.95. The Balaban J connectivity index is 2.20. The molecule has 8 nitrogen and oxygen atoms in total. The summed E-state index contributed by atoms with van der Waals surface area (Å²) >= 11 is 0. The molecule has 5 atom stereocenters. The van der Waals surface area contributed by atoms with Crippen molar-refractivity contribution in [3.63, 3.8) is 0 Å². The molecule has 1 aromatic carbocycles. The van der Waals surface area contributed by atoms with E-state index in [-0.39, 0.29) is 23.7 Å². The van der Waals surface area contributed by atoms with Crippen LogP contribution in [0.3, 0.4) is 0 Å². The molecule has 1 fully saturated rings. The van der Waals surface area contributed by atoms with Crippen LogP contribution in [0.15, 0.2) is 18.2 Å². The van der Waals surface area contributed by atoms with Crippen LogP contribution >= 0.6 is 0 Å². The van der Waals surface area contributed by atoms with Gasteiger partial charge in [0.1, 0.15) is 23.7 Å². The molecule has 2 unspecified atom stereocenters. The Bertz CT molecular complexity index is 491. The summed E-state index contributed by atoms with van der Waals surface area (Å²) in [6, 6.07) is 3.34. The molecule has 0 radical (unpaired) electrons. The van der Waals surface area contributed by atoms with Crippen LogP contribution in [0.2, 0.25) is 0 Å². The number of aliphatic hydroxyl groups is 4. The Morgan fingerprint density at radius 1 is 1.24 bits per heavy atom. The molecule has 118 valence electrons. The number of hydrogen-bond donors (Lipinski definition) is 7. The number of nitrogens with one attached hydrogen (secondary N) is 1. The minimum atomic E-state index is -2.33. The standard InChI is InChI=1S/C13H19NO7/c1-6(10-7(15)3-2-4-8(10)16)14-13(20)12(19)11(18)9(17)5-21-13/h2-4,6,9,11-12,14-20H,5H2,1H3/t6?,9-,11+,12-,13?/m1/s1. The summed E-state index contributed by atoms with van der Waals surface area (Å²) in [5.74, 6) is -2.73. The molecule has 0 amide bonds. The molecule has 1 aliphatic rings. The molecular formula is C13H19NO7. The number of benzene rings is 1. The van der Waals surface area contributed by atoms with Gasteiger partial charge in [0.05, 0.1) is 12.2 Å².